The molecule has 0 aliphatic heterocycles. The maximum absolute atomic E-state index is 6.33. The molecule has 4 nitrogen and oxygen atoms in total. The Labute approximate surface area is 249 Å². The van der Waals surface area contributed by atoms with E-state index in [1.54, 1.807) is 0 Å². The van der Waals surface area contributed by atoms with E-state index in [0.717, 1.165) is 44.6 Å². The minimum atomic E-state index is 0.536. The summed E-state index contributed by atoms with van der Waals surface area (Å²) in [6.07, 6.45) is 0. The maximum Gasteiger partial charge on any atom is 0.248 e. The fourth-order valence-corrected chi connectivity index (χ4v) is 7.84. The Hall–Kier alpha value is -5.52. The van der Waals surface area contributed by atoms with E-state index in [9.17, 15) is 0 Å². The summed E-state index contributed by atoms with van der Waals surface area (Å²) in [5, 5.41) is 8.17. The zero-order valence-electron chi connectivity index (χ0n) is 22.8. The molecule has 4 heterocycles. The van der Waals surface area contributed by atoms with Crippen LogP contribution in [0.1, 0.15) is 0 Å². The first-order valence-corrected chi connectivity index (χ1v) is 15.2. The van der Waals surface area contributed by atoms with E-state index in [1.165, 1.54) is 41.7 Å². The maximum atomic E-state index is 6.33. The summed E-state index contributed by atoms with van der Waals surface area (Å²) in [5.41, 5.74) is 6.17. The second kappa shape index (κ2) is 8.51. The summed E-state index contributed by atoms with van der Waals surface area (Å²) in [4.78, 5) is 10.7. The monoisotopic (exact) mass is 567 g/mol. The molecular formula is C38H21N3OS. The lowest BCUT2D eigenvalue weighted by molar-refractivity contribution is 0.652. The first kappa shape index (κ1) is 23.1. The largest absolute Gasteiger partial charge is 0.436 e. The average molecular weight is 568 g/mol. The molecule has 0 radical (unpaired) electrons. The molecular weight excluding hydrogens is 547 g/mol. The number of hydrogen-bond acceptors (Lipinski definition) is 4. The number of hydrogen-bond donors (Lipinski definition) is 0. The molecule has 0 fully saturated rings. The van der Waals surface area contributed by atoms with Gasteiger partial charge in [0.1, 0.15) is 16.8 Å². The average Bonchev–Trinajstić information content (AvgIpc) is 3.72. The highest BCUT2D eigenvalue weighted by atomic mass is 32.1. The third-order valence-corrected chi connectivity index (χ3v) is 9.74. The number of benzene rings is 6. The van der Waals surface area contributed by atoms with E-state index in [-0.39, 0.29) is 0 Å². The van der Waals surface area contributed by atoms with Gasteiger partial charge in [0.05, 0.1) is 11.0 Å². The molecule has 0 unspecified atom stereocenters. The molecule has 4 aromatic heterocycles. The quantitative estimate of drug-likeness (QED) is 0.209. The molecule has 0 saturated carbocycles. The van der Waals surface area contributed by atoms with Gasteiger partial charge in [-0.2, -0.15) is 4.98 Å². The van der Waals surface area contributed by atoms with Gasteiger partial charge >= 0.3 is 0 Å². The topological polar surface area (TPSA) is 43.9 Å². The van der Waals surface area contributed by atoms with Crippen LogP contribution >= 0.6 is 11.3 Å². The second-order valence-corrected chi connectivity index (χ2v) is 12.1. The van der Waals surface area contributed by atoms with Crippen LogP contribution in [0.2, 0.25) is 0 Å². The van der Waals surface area contributed by atoms with Gasteiger partial charge in [-0.3, -0.25) is 4.57 Å². The predicted octanol–water partition coefficient (Wildman–Crippen LogP) is 10.7. The smallest absolute Gasteiger partial charge is 0.248 e. The minimum Gasteiger partial charge on any atom is -0.436 e. The van der Waals surface area contributed by atoms with Crippen LogP contribution < -0.4 is 0 Å². The Balaban J connectivity index is 1.42. The molecule has 0 bridgehead atoms. The van der Waals surface area contributed by atoms with Crippen LogP contribution in [0, 0.1) is 0 Å². The number of rotatable bonds is 2. The fourth-order valence-electron chi connectivity index (χ4n) is 6.71. The normalized spacial score (nSPS) is 12.2. The van der Waals surface area contributed by atoms with E-state index in [4.69, 9.17) is 14.4 Å². The van der Waals surface area contributed by atoms with E-state index < -0.39 is 0 Å². The summed E-state index contributed by atoms with van der Waals surface area (Å²) in [6, 6.07) is 44.9. The highest BCUT2D eigenvalue weighted by molar-refractivity contribution is 7.25. The van der Waals surface area contributed by atoms with E-state index in [2.05, 4.69) is 114 Å². The van der Waals surface area contributed by atoms with Crippen molar-refractivity contribution in [3.63, 3.8) is 0 Å². The third-order valence-electron chi connectivity index (χ3n) is 8.60. The number of furan rings is 1. The molecule has 6 aromatic carbocycles. The minimum absolute atomic E-state index is 0.536. The van der Waals surface area contributed by atoms with Crippen molar-refractivity contribution in [1.82, 2.24) is 14.5 Å². The van der Waals surface area contributed by atoms with Gasteiger partial charge in [-0.05, 0) is 53.2 Å². The van der Waals surface area contributed by atoms with Gasteiger partial charge in [-0.25, -0.2) is 4.98 Å². The lowest BCUT2D eigenvalue weighted by Gasteiger charge is -2.13. The SMILES string of the molecule is c1ccc2cc3c(cc2c1)c1ccccc1n3-c1nc2oc3ccccc3c2nc1-c1cccc2sc3ccccc3c12. The lowest BCUT2D eigenvalue weighted by atomic mass is 10.0. The number of aromatic nitrogens is 3. The second-order valence-electron chi connectivity index (χ2n) is 11.0. The molecule has 0 amide bonds. The molecule has 0 atom stereocenters. The first-order chi connectivity index (χ1) is 21.3. The van der Waals surface area contributed by atoms with Crippen molar-refractivity contribution in [2.45, 2.75) is 0 Å². The molecule has 0 aliphatic rings. The van der Waals surface area contributed by atoms with Crippen molar-refractivity contribution in [3.8, 4) is 17.1 Å². The van der Waals surface area contributed by atoms with Crippen LogP contribution in [0.15, 0.2) is 132 Å². The summed E-state index contributed by atoms with van der Waals surface area (Å²) in [5.74, 6) is 0.760. The van der Waals surface area contributed by atoms with Gasteiger partial charge in [0.2, 0.25) is 5.71 Å². The van der Waals surface area contributed by atoms with Crippen LogP contribution in [0.25, 0.3) is 92.0 Å². The van der Waals surface area contributed by atoms with Crippen LogP contribution in [0.4, 0.5) is 0 Å². The van der Waals surface area contributed by atoms with Crippen molar-refractivity contribution in [3.05, 3.63) is 127 Å². The van der Waals surface area contributed by atoms with Gasteiger partial charge in [-0.1, -0.05) is 84.9 Å². The molecule has 5 heteroatoms. The van der Waals surface area contributed by atoms with Crippen LogP contribution in [-0.2, 0) is 0 Å². The zero-order valence-corrected chi connectivity index (χ0v) is 23.6. The first-order valence-electron chi connectivity index (χ1n) is 14.3. The van der Waals surface area contributed by atoms with E-state index >= 15 is 0 Å². The Kier molecular flexibility index (Phi) is 4.57. The number of nitrogens with zero attached hydrogens (tertiary/aromatic N) is 3. The van der Waals surface area contributed by atoms with Crippen molar-refractivity contribution in [2.24, 2.45) is 0 Å². The van der Waals surface area contributed by atoms with Crippen LogP contribution in [0.5, 0.6) is 0 Å². The van der Waals surface area contributed by atoms with Crippen molar-refractivity contribution in [2.75, 3.05) is 0 Å². The molecule has 10 rings (SSSR count). The highest BCUT2D eigenvalue weighted by Crippen LogP contribution is 2.43. The Morgan fingerprint density at radius 1 is 0.558 bits per heavy atom. The Morgan fingerprint density at radius 3 is 2.19 bits per heavy atom. The number of thiophene rings is 1. The van der Waals surface area contributed by atoms with Gasteiger partial charge < -0.3 is 4.42 Å². The van der Waals surface area contributed by atoms with E-state index in [0.29, 0.717) is 5.71 Å². The Bertz CT molecular complexity index is 2750. The summed E-state index contributed by atoms with van der Waals surface area (Å²) >= 11 is 1.81. The number of para-hydroxylation sites is 2. The van der Waals surface area contributed by atoms with Crippen LogP contribution in [-0.4, -0.2) is 14.5 Å². The molecule has 0 aliphatic carbocycles. The van der Waals surface area contributed by atoms with E-state index in [1.807, 2.05) is 29.5 Å². The van der Waals surface area contributed by atoms with Crippen LogP contribution in [0.3, 0.4) is 0 Å². The Morgan fingerprint density at radius 2 is 1.28 bits per heavy atom. The van der Waals surface area contributed by atoms with Gasteiger partial charge in [0, 0.05) is 41.9 Å². The summed E-state index contributed by atoms with van der Waals surface area (Å²) < 4.78 is 11.1. The third kappa shape index (κ3) is 3.20. The fraction of sp³-hybridized carbons (Fsp3) is 0. The van der Waals surface area contributed by atoms with Gasteiger partial charge in [0.25, 0.3) is 0 Å². The van der Waals surface area contributed by atoms with Gasteiger partial charge in [0.15, 0.2) is 5.82 Å². The molecule has 0 saturated heterocycles. The predicted molar refractivity (Wildman–Crippen MR) is 179 cm³/mol. The summed E-state index contributed by atoms with van der Waals surface area (Å²) in [6.45, 7) is 0. The lowest BCUT2D eigenvalue weighted by Crippen LogP contribution is -2.03. The van der Waals surface area contributed by atoms with Crippen molar-refractivity contribution < 1.29 is 4.42 Å². The molecule has 0 spiro atoms. The van der Waals surface area contributed by atoms with Gasteiger partial charge in [-0.15, -0.1) is 11.3 Å². The molecule has 10 aromatic rings. The molecule has 200 valence electrons. The molecule has 43 heavy (non-hydrogen) atoms. The van der Waals surface area contributed by atoms with Crippen molar-refractivity contribution in [1.29, 1.82) is 0 Å². The van der Waals surface area contributed by atoms with Crippen molar-refractivity contribution >= 4 is 86.3 Å². The number of fused-ring (bicyclic) bond motifs is 10. The highest BCUT2D eigenvalue weighted by Gasteiger charge is 2.23. The summed E-state index contributed by atoms with van der Waals surface area (Å²) in [7, 11) is 0. The molecule has 0 N–H and O–H groups in total. The zero-order chi connectivity index (χ0) is 28.1. The standard InChI is InChI=1S/C38H21N3OS/c1-2-11-23-21-30-28(20-22(23)10-1)24-12-3-6-16-29(24)41(30)37-35(39-36-25-13-4-7-17-31(25)42-38(36)40-37)27-15-9-19-33-34(27)26-14-5-8-18-32(26)43-33/h1-21H.